The molecule has 2 rings (SSSR count). The third-order valence-corrected chi connectivity index (χ3v) is 4.37. The summed E-state index contributed by atoms with van der Waals surface area (Å²) in [5, 5.41) is 3.67. The Hall–Kier alpha value is -1.02. The summed E-state index contributed by atoms with van der Waals surface area (Å²) in [5.41, 5.74) is 1.41. The van der Waals surface area contributed by atoms with Crippen LogP contribution in [0.5, 0.6) is 5.75 Å². The lowest BCUT2D eigenvalue weighted by Gasteiger charge is -2.25. The molecule has 0 radical (unpaired) electrons. The number of hydrogen-bond donors (Lipinski definition) is 1. The van der Waals surface area contributed by atoms with Gasteiger partial charge in [-0.15, -0.1) is 0 Å². The quantitative estimate of drug-likeness (QED) is 0.771. The number of benzene rings is 1. The van der Waals surface area contributed by atoms with Gasteiger partial charge in [-0.05, 0) is 61.8 Å². The molecule has 0 amide bonds. The van der Waals surface area contributed by atoms with Crippen LogP contribution < -0.4 is 10.1 Å². The zero-order chi connectivity index (χ0) is 13.7. The zero-order valence-electron chi connectivity index (χ0n) is 12.5. The molecule has 0 heterocycles. The number of nitrogens with one attached hydrogen (secondary N) is 1. The summed E-state index contributed by atoms with van der Waals surface area (Å²) in [4.78, 5) is 0. The summed E-state index contributed by atoms with van der Waals surface area (Å²) in [5.74, 6) is 2.73. The predicted octanol–water partition coefficient (Wildman–Crippen LogP) is 3.65. The molecule has 2 nitrogen and oxygen atoms in total. The van der Waals surface area contributed by atoms with E-state index in [2.05, 4.69) is 43.4 Å². The average molecular weight is 261 g/mol. The molecule has 2 heteroatoms. The highest BCUT2D eigenvalue weighted by Gasteiger charge is 2.32. The second kappa shape index (κ2) is 6.95. The smallest absolute Gasteiger partial charge is 0.118 e. The van der Waals surface area contributed by atoms with E-state index in [1.807, 2.05) is 0 Å². The van der Waals surface area contributed by atoms with Gasteiger partial charge >= 0.3 is 0 Å². The van der Waals surface area contributed by atoms with E-state index < -0.39 is 0 Å². The largest absolute Gasteiger partial charge is 0.497 e. The molecule has 1 fully saturated rings. The molecule has 0 bridgehead atoms. The van der Waals surface area contributed by atoms with Gasteiger partial charge in [-0.1, -0.05) is 26.0 Å². The second-order valence-corrected chi connectivity index (χ2v) is 5.75. The first kappa shape index (κ1) is 14.4. The van der Waals surface area contributed by atoms with E-state index in [-0.39, 0.29) is 0 Å². The van der Waals surface area contributed by atoms with E-state index in [0.29, 0.717) is 6.04 Å². The van der Waals surface area contributed by atoms with Crippen molar-refractivity contribution < 1.29 is 4.74 Å². The van der Waals surface area contributed by atoms with E-state index >= 15 is 0 Å². The fraction of sp³-hybridized carbons (Fsp3) is 0.647. The first-order valence-electron chi connectivity index (χ1n) is 7.61. The molecule has 1 aromatic rings. The summed E-state index contributed by atoms with van der Waals surface area (Å²) in [6.45, 7) is 5.70. The summed E-state index contributed by atoms with van der Waals surface area (Å²) >= 11 is 0. The minimum Gasteiger partial charge on any atom is -0.497 e. The zero-order valence-corrected chi connectivity index (χ0v) is 12.5. The molecular weight excluding hydrogens is 234 g/mol. The molecular formula is C17H27NO. The van der Waals surface area contributed by atoms with Crippen molar-refractivity contribution in [3.63, 3.8) is 0 Å². The Bertz CT molecular complexity index is 369. The normalized spacial score (nSPS) is 18.1. The maximum atomic E-state index is 5.20. The summed E-state index contributed by atoms with van der Waals surface area (Å²) in [7, 11) is 1.72. The molecule has 0 aromatic heterocycles. The Kier molecular flexibility index (Phi) is 5.26. The third-order valence-electron chi connectivity index (χ3n) is 4.37. The summed E-state index contributed by atoms with van der Waals surface area (Å²) < 4.78 is 5.20. The van der Waals surface area contributed by atoms with E-state index in [1.54, 1.807) is 7.11 Å². The highest BCUT2D eigenvalue weighted by atomic mass is 16.5. The maximum Gasteiger partial charge on any atom is 0.118 e. The van der Waals surface area contributed by atoms with Crippen LogP contribution in [0.4, 0.5) is 0 Å². The number of rotatable bonds is 8. The van der Waals surface area contributed by atoms with Gasteiger partial charge in [0.1, 0.15) is 5.75 Å². The lowest BCUT2D eigenvalue weighted by atomic mass is 9.91. The van der Waals surface area contributed by atoms with Gasteiger partial charge in [0.25, 0.3) is 0 Å². The number of aryl methyl sites for hydroxylation is 1. The van der Waals surface area contributed by atoms with E-state index in [9.17, 15) is 0 Å². The van der Waals surface area contributed by atoms with Crippen LogP contribution in [0, 0.1) is 11.8 Å². The number of methoxy groups -OCH3 is 1. The van der Waals surface area contributed by atoms with Crippen LogP contribution in [-0.4, -0.2) is 19.7 Å². The van der Waals surface area contributed by atoms with Gasteiger partial charge in [-0.25, -0.2) is 0 Å². The monoisotopic (exact) mass is 261 g/mol. The van der Waals surface area contributed by atoms with Crippen molar-refractivity contribution in [1.29, 1.82) is 0 Å². The Balaban J connectivity index is 1.86. The lowest BCUT2D eigenvalue weighted by molar-refractivity contribution is 0.330. The van der Waals surface area contributed by atoms with Crippen LogP contribution in [0.3, 0.4) is 0 Å². The molecule has 106 valence electrons. The number of ether oxygens (including phenoxy) is 1. The molecule has 1 aliphatic rings. The van der Waals surface area contributed by atoms with Gasteiger partial charge in [-0.3, -0.25) is 0 Å². The van der Waals surface area contributed by atoms with E-state index in [4.69, 9.17) is 4.74 Å². The minimum absolute atomic E-state index is 0.666. The van der Waals surface area contributed by atoms with Gasteiger partial charge < -0.3 is 10.1 Å². The topological polar surface area (TPSA) is 21.3 Å². The first-order chi connectivity index (χ1) is 9.24. The molecule has 1 N–H and O–H groups in total. The molecule has 0 saturated heterocycles. The Morgan fingerprint density at radius 2 is 1.95 bits per heavy atom. The molecule has 0 spiro atoms. The van der Waals surface area contributed by atoms with Crippen LogP contribution in [0.15, 0.2) is 24.3 Å². The fourth-order valence-corrected chi connectivity index (χ4v) is 2.88. The lowest BCUT2D eigenvalue weighted by Crippen LogP contribution is -2.36. The second-order valence-electron chi connectivity index (χ2n) is 5.75. The first-order valence-corrected chi connectivity index (χ1v) is 7.61. The third kappa shape index (κ3) is 4.24. The molecule has 1 saturated carbocycles. The van der Waals surface area contributed by atoms with E-state index in [1.165, 1.54) is 24.8 Å². The summed E-state index contributed by atoms with van der Waals surface area (Å²) in [6.07, 6.45) is 5.26. The van der Waals surface area contributed by atoms with Crippen molar-refractivity contribution in [2.75, 3.05) is 13.7 Å². The SMILES string of the molecule is CCNC(CCc1ccc(OC)cc1)C(C)C1CC1. The minimum atomic E-state index is 0.666. The van der Waals surface area contributed by atoms with Crippen LogP contribution in [0.1, 0.15) is 38.7 Å². The Labute approximate surface area is 117 Å². The van der Waals surface area contributed by atoms with Crippen LogP contribution in [-0.2, 0) is 6.42 Å². The van der Waals surface area contributed by atoms with Crippen molar-refractivity contribution in [2.45, 2.75) is 45.6 Å². The standard InChI is InChI=1S/C17H27NO/c1-4-18-17(13(2)15-8-9-15)12-7-14-5-10-16(19-3)11-6-14/h5-6,10-11,13,15,17-18H,4,7-9,12H2,1-3H3. The van der Waals surface area contributed by atoms with Gasteiger partial charge in [0, 0.05) is 6.04 Å². The molecule has 1 aromatic carbocycles. The highest BCUT2D eigenvalue weighted by Crippen LogP contribution is 2.39. The van der Waals surface area contributed by atoms with Gasteiger partial charge in [0.15, 0.2) is 0 Å². The van der Waals surface area contributed by atoms with Gasteiger partial charge in [-0.2, -0.15) is 0 Å². The fourth-order valence-electron chi connectivity index (χ4n) is 2.88. The van der Waals surface area contributed by atoms with Crippen molar-refractivity contribution >= 4 is 0 Å². The molecule has 2 unspecified atom stereocenters. The predicted molar refractivity (Wildman–Crippen MR) is 80.7 cm³/mol. The molecule has 1 aliphatic carbocycles. The van der Waals surface area contributed by atoms with Crippen LogP contribution >= 0.6 is 0 Å². The van der Waals surface area contributed by atoms with Crippen LogP contribution in [0.2, 0.25) is 0 Å². The van der Waals surface area contributed by atoms with Gasteiger partial charge in [0.05, 0.1) is 7.11 Å². The number of hydrogen-bond acceptors (Lipinski definition) is 2. The molecule has 0 aliphatic heterocycles. The average Bonchev–Trinajstić information content (AvgIpc) is 3.28. The molecule has 19 heavy (non-hydrogen) atoms. The van der Waals surface area contributed by atoms with Crippen molar-refractivity contribution in [3.8, 4) is 5.75 Å². The van der Waals surface area contributed by atoms with Crippen LogP contribution in [0.25, 0.3) is 0 Å². The van der Waals surface area contributed by atoms with E-state index in [0.717, 1.165) is 30.6 Å². The maximum absolute atomic E-state index is 5.20. The van der Waals surface area contributed by atoms with Crippen molar-refractivity contribution in [3.05, 3.63) is 29.8 Å². The van der Waals surface area contributed by atoms with Crippen molar-refractivity contribution in [1.82, 2.24) is 5.32 Å². The summed E-state index contributed by atoms with van der Waals surface area (Å²) in [6, 6.07) is 9.15. The Morgan fingerprint density at radius 3 is 2.47 bits per heavy atom. The van der Waals surface area contributed by atoms with Gasteiger partial charge in [0.2, 0.25) is 0 Å². The van der Waals surface area contributed by atoms with Crippen molar-refractivity contribution in [2.24, 2.45) is 11.8 Å². The Morgan fingerprint density at radius 1 is 1.26 bits per heavy atom. The highest BCUT2D eigenvalue weighted by molar-refractivity contribution is 5.27. The molecule has 2 atom stereocenters.